The van der Waals surface area contributed by atoms with Crippen LogP contribution in [0, 0.1) is 0 Å². The van der Waals surface area contributed by atoms with Gasteiger partial charge >= 0.3 is 0 Å². The molecule has 1 amide bonds. The van der Waals surface area contributed by atoms with Gasteiger partial charge in [0.15, 0.2) is 0 Å². The topological polar surface area (TPSA) is 50.4 Å². The van der Waals surface area contributed by atoms with E-state index >= 15 is 0 Å². The van der Waals surface area contributed by atoms with Gasteiger partial charge in [-0.05, 0) is 37.1 Å². The molecule has 1 saturated heterocycles. The monoisotopic (exact) mass is 276 g/mol. The molecule has 1 fully saturated rings. The molecule has 0 bridgehead atoms. The molecule has 0 aromatic heterocycles. The second-order valence-corrected chi connectivity index (χ2v) is 5.98. The van der Waals surface area contributed by atoms with Crippen molar-refractivity contribution in [2.24, 2.45) is 0 Å². The van der Waals surface area contributed by atoms with E-state index in [9.17, 15) is 4.79 Å². The Bertz CT molecular complexity index is 448. The van der Waals surface area contributed by atoms with Crippen LogP contribution in [0.1, 0.15) is 32.3 Å². The minimum absolute atomic E-state index is 0.0123. The van der Waals surface area contributed by atoms with Crippen LogP contribution in [-0.2, 0) is 10.2 Å². The average Bonchev–Trinajstić information content (AvgIpc) is 2.99. The highest BCUT2D eigenvalue weighted by molar-refractivity contribution is 5.82. The molecule has 0 saturated carbocycles. The van der Waals surface area contributed by atoms with Gasteiger partial charge in [0.2, 0.25) is 5.91 Å². The summed E-state index contributed by atoms with van der Waals surface area (Å²) in [5, 5.41) is 6.28. The van der Waals surface area contributed by atoms with E-state index in [2.05, 4.69) is 36.6 Å². The van der Waals surface area contributed by atoms with Crippen LogP contribution in [0.2, 0.25) is 0 Å². The molecule has 1 aromatic carbocycles. The van der Waals surface area contributed by atoms with Crippen molar-refractivity contribution < 1.29 is 9.53 Å². The van der Waals surface area contributed by atoms with Crippen LogP contribution in [0.5, 0.6) is 5.75 Å². The third-order valence-electron chi connectivity index (χ3n) is 3.95. The van der Waals surface area contributed by atoms with Gasteiger partial charge in [-0.1, -0.05) is 26.0 Å². The lowest BCUT2D eigenvalue weighted by atomic mass is 9.84. The molecule has 1 aromatic rings. The van der Waals surface area contributed by atoms with Crippen LogP contribution >= 0.6 is 0 Å². The molecular formula is C16H24N2O2. The fourth-order valence-electron chi connectivity index (χ4n) is 2.48. The Kier molecular flexibility index (Phi) is 4.65. The summed E-state index contributed by atoms with van der Waals surface area (Å²) in [7, 11) is 1.66. The number of benzene rings is 1. The van der Waals surface area contributed by atoms with Crippen LogP contribution in [0.4, 0.5) is 0 Å². The van der Waals surface area contributed by atoms with Gasteiger partial charge in [-0.15, -0.1) is 0 Å². The molecule has 1 unspecified atom stereocenters. The van der Waals surface area contributed by atoms with Gasteiger partial charge in [0.1, 0.15) is 5.75 Å². The van der Waals surface area contributed by atoms with Crippen molar-refractivity contribution in [3.05, 3.63) is 29.8 Å². The van der Waals surface area contributed by atoms with Gasteiger partial charge in [-0.3, -0.25) is 4.79 Å². The molecule has 0 spiro atoms. The first kappa shape index (κ1) is 14.9. The van der Waals surface area contributed by atoms with Gasteiger partial charge in [-0.25, -0.2) is 0 Å². The minimum atomic E-state index is -0.0967. The number of ether oxygens (including phenoxy) is 1. The summed E-state index contributed by atoms with van der Waals surface area (Å²) in [6.07, 6.45) is 2.02. The molecule has 1 atom stereocenters. The van der Waals surface area contributed by atoms with Gasteiger partial charge in [0, 0.05) is 12.0 Å². The highest BCUT2D eigenvalue weighted by Gasteiger charge is 2.25. The number of carbonyl (C=O) groups is 1. The molecule has 20 heavy (non-hydrogen) atoms. The quantitative estimate of drug-likeness (QED) is 0.863. The van der Waals surface area contributed by atoms with E-state index in [1.807, 2.05) is 12.1 Å². The number of carbonyl (C=O) groups excluding carboxylic acids is 1. The highest BCUT2D eigenvalue weighted by Crippen LogP contribution is 2.24. The maximum Gasteiger partial charge on any atom is 0.237 e. The summed E-state index contributed by atoms with van der Waals surface area (Å²) in [5.41, 5.74) is 1.10. The van der Waals surface area contributed by atoms with Crippen LogP contribution in [-0.4, -0.2) is 32.1 Å². The zero-order valence-corrected chi connectivity index (χ0v) is 12.5. The number of rotatable bonds is 5. The maximum atomic E-state index is 12.0. The van der Waals surface area contributed by atoms with Crippen LogP contribution < -0.4 is 15.4 Å². The highest BCUT2D eigenvalue weighted by atomic mass is 16.5. The van der Waals surface area contributed by atoms with Crippen molar-refractivity contribution in [2.75, 3.05) is 20.2 Å². The fourth-order valence-corrected chi connectivity index (χ4v) is 2.48. The molecular weight excluding hydrogens is 252 g/mol. The number of methoxy groups -OCH3 is 1. The zero-order chi connectivity index (χ0) is 14.6. The summed E-state index contributed by atoms with van der Waals surface area (Å²) in [5.74, 6) is 0.966. The van der Waals surface area contributed by atoms with Gasteiger partial charge < -0.3 is 15.4 Å². The van der Waals surface area contributed by atoms with E-state index in [0.29, 0.717) is 6.54 Å². The SMILES string of the molecule is COc1ccc(C(C)(C)CNC(=O)C2CCCN2)cc1. The summed E-state index contributed by atoms with van der Waals surface area (Å²) in [4.78, 5) is 12.0. The van der Waals surface area contributed by atoms with E-state index in [4.69, 9.17) is 4.74 Å². The molecule has 0 radical (unpaired) electrons. The predicted molar refractivity (Wildman–Crippen MR) is 80.1 cm³/mol. The number of hydrogen-bond acceptors (Lipinski definition) is 3. The van der Waals surface area contributed by atoms with E-state index in [-0.39, 0.29) is 17.4 Å². The lowest BCUT2D eigenvalue weighted by molar-refractivity contribution is -0.123. The van der Waals surface area contributed by atoms with Crippen LogP contribution in [0.25, 0.3) is 0 Å². The van der Waals surface area contributed by atoms with Gasteiger partial charge in [0.25, 0.3) is 0 Å². The van der Waals surface area contributed by atoms with E-state index in [1.165, 1.54) is 5.56 Å². The minimum Gasteiger partial charge on any atom is -0.497 e. The first-order valence-electron chi connectivity index (χ1n) is 7.18. The molecule has 1 heterocycles. The molecule has 2 rings (SSSR count). The second kappa shape index (κ2) is 6.27. The largest absolute Gasteiger partial charge is 0.497 e. The van der Waals surface area contributed by atoms with Crippen molar-refractivity contribution >= 4 is 5.91 Å². The third-order valence-corrected chi connectivity index (χ3v) is 3.95. The molecule has 4 nitrogen and oxygen atoms in total. The lowest BCUT2D eigenvalue weighted by Gasteiger charge is -2.26. The van der Waals surface area contributed by atoms with Crippen molar-refractivity contribution in [2.45, 2.75) is 38.1 Å². The van der Waals surface area contributed by atoms with Crippen molar-refractivity contribution in [3.63, 3.8) is 0 Å². The molecule has 1 aliphatic heterocycles. The standard InChI is InChI=1S/C16H24N2O2/c1-16(2,12-6-8-13(20-3)9-7-12)11-18-15(19)14-5-4-10-17-14/h6-9,14,17H,4-5,10-11H2,1-3H3,(H,18,19). The summed E-state index contributed by atoms with van der Waals surface area (Å²) in [6, 6.07) is 8.01. The van der Waals surface area contributed by atoms with E-state index in [0.717, 1.165) is 25.1 Å². The second-order valence-electron chi connectivity index (χ2n) is 5.98. The summed E-state index contributed by atoms with van der Waals surface area (Å²) in [6.45, 7) is 5.85. The normalized spacial score (nSPS) is 18.9. The first-order chi connectivity index (χ1) is 9.53. The fraction of sp³-hybridized carbons (Fsp3) is 0.562. The molecule has 4 heteroatoms. The Balaban J connectivity index is 1.93. The maximum absolute atomic E-state index is 12.0. The van der Waals surface area contributed by atoms with E-state index < -0.39 is 0 Å². The van der Waals surface area contributed by atoms with Crippen molar-refractivity contribution in [3.8, 4) is 5.75 Å². The Morgan fingerprint density at radius 3 is 2.65 bits per heavy atom. The summed E-state index contributed by atoms with van der Waals surface area (Å²) < 4.78 is 5.17. The van der Waals surface area contributed by atoms with Crippen LogP contribution in [0.3, 0.4) is 0 Å². The van der Waals surface area contributed by atoms with Crippen molar-refractivity contribution in [1.82, 2.24) is 10.6 Å². The van der Waals surface area contributed by atoms with Gasteiger partial charge in [0.05, 0.1) is 13.2 Å². The van der Waals surface area contributed by atoms with Crippen molar-refractivity contribution in [1.29, 1.82) is 0 Å². The molecule has 1 aliphatic rings. The first-order valence-corrected chi connectivity index (χ1v) is 7.18. The molecule has 0 aliphatic carbocycles. The Morgan fingerprint density at radius 2 is 2.10 bits per heavy atom. The Labute approximate surface area is 120 Å². The predicted octanol–water partition coefficient (Wildman–Crippen LogP) is 1.84. The lowest BCUT2D eigenvalue weighted by Crippen LogP contribution is -2.45. The Morgan fingerprint density at radius 1 is 1.40 bits per heavy atom. The number of hydrogen-bond donors (Lipinski definition) is 2. The number of nitrogens with one attached hydrogen (secondary N) is 2. The third kappa shape index (κ3) is 3.51. The zero-order valence-electron chi connectivity index (χ0n) is 12.5. The number of amides is 1. The Hall–Kier alpha value is -1.55. The summed E-state index contributed by atoms with van der Waals surface area (Å²) >= 11 is 0. The average molecular weight is 276 g/mol. The van der Waals surface area contributed by atoms with Crippen LogP contribution in [0.15, 0.2) is 24.3 Å². The molecule has 110 valence electrons. The van der Waals surface area contributed by atoms with E-state index in [1.54, 1.807) is 7.11 Å². The van der Waals surface area contributed by atoms with Gasteiger partial charge in [-0.2, -0.15) is 0 Å². The smallest absolute Gasteiger partial charge is 0.237 e. The molecule has 2 N–H and O–H groups in total.